The van der Waals surface area contributed by atoms with Crippen molar-refractivity contribution in [2.24, 2.45) is 0 Å². The van der Waals surface area contributed by atoms with Crippen LogP contribution in [0.4, 0.5) is 18.9 Å². The Bertz CT molecular complexity index is 1120. The maximum Gasteiger partial charge on any atom is 0.416 e. The first-order valence-corrected chi connectivity index (χ1v) is 9.63. The number of benzene rings is 2. The number of nitrogens with one attached hydrogen (secondary N) is 2. The topological polar surface area (TPSA) is 61.1 Å². The van der Waals surface area contributed by atoms with Gasteiger partial charge < -0.3 is 15.6 Å². The van der Waals surface area contributed by atoms with Crippen molar-refractivity contribution in [3.8, 4) is 16.8 Å². The van der Waals surface area contributed by atoms with Crippen LogP contribution in [0.25, 0.3) is 16.8 Å². The Kier molecular flexibility index (Phi) is 6.60. The van der Waals surface area contributed by atoms with Gasteiger partial charge in [0.2, 0.25) is 0 Å². The minimum absolute atomic E-state index is 0.318. The maximum atomic E-state index is 12.7. The number of pyridine rings is 1. The molecule has 0 aliphatic rings. The van der Waals surface area contributed by atoms with Gasteiger partial charge in [-0.05, 0) is 61.6 Å². The van der Waals surface area contributed by atoms with Crippen molar-refractivity contribution in [2.75, 3.05) is 32.5 Å². The number of likely N-dealkylation sites (N-methyl/N-ethyl adjacent to an activating group) is 1. The molecule has 8 heteroatoms. The van der Waals surface area contributed by atoms with E-state index in [0.29, 0.717) is 22.4 Å². The van der Waals surface area contributed by atoms with Gasteiger partial charge in [-0.15, -0.1) is 0 Å². The van der Waals surface area contributed by atoms with Crippen molar-refractivity contribution < 1.29 is 13.2 Å². The summed E-state index contributed by atoms with van der Waals surface area (Å²) in [5.74, 6) is 0. The summed E-state index contributed by atoms with van der Waals surface area (Å²) >= 11 is 0. The van der Waals surface area contributed by atoms with Gasteiger partial charge in [0.1, 0.15) is 0 Å². The first-order valence-electron chi connectivity index (χ1n) is 9.63. The molecule has 0 aliphatic heterocycles. The standard InChI is InChI=1S/C23H23F3N4O/c1-29(2)12-10-28-21-8-7-20(13-18(21)15-27)30-11-9-17(14-22(30)31)16-3-5-19(6-4-16)23(24,25)26/h3-9,11,13-15,27-28H,10,12H2,1-2H3. The fraction of sp³-hybridized carbons (Fsp3) is 0.217. The molecule has 0 fully saturated rings. The molecule has 2 aromatic carbocycles. The molecule has 3 aromatic rings. The predicted molar refractivity (Wildman–Crippen MR) is 117 cm³/mol. The molecule has 2 N–H and O–H groups in total. The maximum absolute atomic E-state index is 12.7. The number of halogens is 3. The van der Waals surface area contributed by atoms with Crippen LogP contribution in [0.15, 0.2) is 65.6 Å². The molecular weight excluding hydrogens is 405 g/mol. The van der Waals surface area contributed by atoms with Crippen LogP contribution in [-0.2, 0) is 6.18 Å². The minimum Gasteiger partial charge on any atom is -0.383 e. The molecule has 0 saturated heterocycles. The summed E-state index contributed by atoms with van der Waals surface area (Å²) in [7, 11) is 3.95. The van der Waals surface area contributed by atoms with Crippen LogP contribution < -0.4 is 10.9 Å². The Hall–Kier alpha value is -3.39. The molecule has 5 nitrogen and oxygen atoms in total. The molecule has 1 heterocycles. The summed E-state index contributed by atoms with van der Waals surface area (Å²) in [6.45, 7) is 1.55. The van der Waals surface area contributed by atoms with E-state index in [1.54, 1.807) is 24.4 Å². The van der Waals surface area contributed by atoms with Crippen molar-refractivity contribution >= 4 is 11.9 Å². The Morgan fingerprint density at radius 2 is 1.74 bits per heavy atom. The fourth-order valence-electron chi connectivity index (χ4n) is 3.12. The van der Waals surface area contributed by atoms with Crippen LogP contribution in [0.3, 0.4) is 0 Å². The molecule has 0 spiro atoms. The second-order valence-electron chi connectivity index (χ2n) is 7.34. The van der Waals surface area contributed by atoms with E-state index in [0.717, 1.165) is 30.9 Å². The number of hydrogen-bond acceptors (Lipinski definition) is 4. The Morgan fingerprint density at radius 3 is 2.32 bits per heavy atom. The molecule has 0 saturated carbocycles. The average Bonchev–Trinajstić information content (AvgIpc) is 2.73. The summed E-state index contributed by atoms with van der Waals surface area (Å²) < 4.78 is 39.7. The first kappa shape index (κ1) is 22.3. The van der Waals surface area contributed by atoms with Crippen molar-refractivity contribution in [1.29, 1.82) is 5.41 Å². The molecule has 0 aliphatic carbocycles. The Balaban J connectivity index is 1.86. The SMILES string of the molecule is CN(C)CCNc1ccc(-n2ccc(-c3ccc(C(F)(F)F)cc3)cc2=O)cc1C=N. The summed E-state index contributed by atoms with van der Waals surface area (Å²) in [6, 6.07) is 13.1. The molecule has 0 atom stereocenters. The fourth-order valence-corrected chi connectivity index (χ4v) is 3.12. The van der Waals surface area contributed by atoms with Crippen molar-refractivity contribution in [3.05, 3.63) is 82.3 Å². The quantitative estimate of drug-likeness (QED) is 0.545. The molecule has 0 unspecified atom stereocenters. The normalized spacial score (nSPS) is 11.5. The Labute approximate surface area is 178 Å². The molecule has 162 valence electrons. The second-order valence-corrected chi connectivity index (χ2v) is 7.34. The van der Waals surface area contributed by atoms with E-state index in [1.165, 1.54) is 29.0 Å². The van der Waals surface area contributed by atoms with Crippen LogP contribution in [0.5, 0.6) is 0 Å². The minimum atomic E-state index is -4.40. The summed E-state index contributed by atoms with van der Waals surface area (Å²) in [5, 5.41) is 11.0. The molecule has 0 radical (unpaired) electrons. The number of anilines is 1. The van der Waals surface area contributed by atoms with Gasteiger partial charge in [0.05, 0.1) is 5.56 Å². The number of nitrogens with zero attached hydrogens (tertiary/aromatic N) is 2. The van der Waals surface area contributed by atoms with Gasteiger partial charge >= 0.3 is 6.18 Å². The molecule has 3 rings (SSSR count). The molecular formula is C23H23F3N4O. The molecule has 1 aromatic heterocycles. The molecule has 31 heavy (non-hydrogen) atoms. The summed E-state index contributed by atoms with van der Waals surface area (Å²) in [5.41, 5.74) is 2.05. The van der Waals surface area contributed by atoms with Crippen LogP contribution in [0.1, 0.15) is 11.1 Å². The largest absolute Gasteiger partial charge is 0.416 e. The van der Waals surface area contributed by atoms with Gasteiger partial charge in [0, 0.05) is 48.5 Å². The van der Waals surface area contributed by atoms with Gasteiger partial charge in [-0.2, -0.15) is 13.2 Å². The number of aromatic nitrogens is 1. The highest BCUT2D eigenvalue weighted by Crippen LogP contribution is 2.30. The highest BCUT2D eigenvalue weighted by molar-refractivity contribution is 5.86. The van der Waals surface area contributed by atoms with E-state index in [1.807, 2.05) is 25.1 Å². The summed E-state index contributed by atoms with van der Waals surface area (Å²) in [6.07, 6.45) is -1.59. The lowest BCUT2D eigenvalue weighted by Crippen LogP contribution is -2.21. The lowest BCUT2D eigenvalue weighted by atomic mass is 10.0. The van der Waals surface area contributed by atoms with Gasteiger partial charge in [-0.3, -0.25) is 9.36 Å². The van der Waals surface area contributed by atoms with Crippen LogP contribution in [-0.4, -0.2) is 42.9 Å². The zero-order valence-electron chi connectivity index (χ0n) is 17.2. The van der Waals surface area contributed by atoms with Crippen LogP contribution in [0, 0.1) is 5.41 Å². The van der Waals surface area contributed by atoms with E-state index >= 15 is 0 Å². The molecule has 0 amide bonds. The smallest absolute Gasteiger partial charge is 0.383 e. The highest BCUT2D eigenvalue weighted by atomic mass is 19.4. The van der Waals surface area contributed by atoms with Crippen molar-refractivity contribution in [2.45, 2.75) is 6.18 Å². The molecule has 0 bridgehead atoms. The first-order chi connectivity index (χ1) is 14.7. The predicted octanol–water partition coefficient (Wildman–Crippen LogP) is 4.49. The Morgan fingerprint density at radius 1 is 1.03 bits per heavy atom. The zero-order valence-corrected chi connectivity index (χ0v) is 17.2. The van der Waals surface area contributed by atoms with Crippen LogP contribution in [0.2, 0.25) is 0 Å². The third-order valence-corrected chi connectivity index (χ3v) is 4.81. The monoisotopic (exact) mass is 428 g/mol. The van der Waals surface area contributed by atoms with Gasteiger partial charge in [0.25, 0.3) is 5.56 Å². The number of hydrogen-bond donors (Lipinski definition) is 2. The van der Waals surface area contributed by atoms with Crippen molar-refractivity contribution in [3.63, 3.8) is 0 Å². The lowest BCUT2D eigenvalue weighted by Gasteiger charge is -2.15. The number of alkyl halides is 3. The van der Waals surface area contributed by atoms with Gasteiger partial charge in [0.15, 0.2) is 0 Å². The summed E-state index contributed by atoms with van der Waals surface area (Å²) in [4.78, 5) is 14.7. The lowest BCUT2D eigenvalue weighted by molar-refractivity contribution is -0.137. The number of rotatable bonds is 7. The van der Waals surface area contributed by atoms with Gasteiger partial charge in [-0.25, -0.2) is 0 Å². The van der Waals surface area contributed by atoms with E-state index in [9.17, 15) is 18.0 Å². The second kappa shape index (κ2) is 9.18. The highest BCUT2D eigenvalue weighted by Gasteiger charge is 2.29. The third kappa shape index (κ3) is 5.40. The van der Waals surface area contributed by atoms with Crippen LogP contribution >= 0.6 is 0 Å². The van der Waals surface area contributed by atoms with E-state index in [-0.39, 0.29) is 5.56 Å². The van der Waals surface area contributed by atoms with E-state index in [2.05, 4.69) is 5.32 Å². The third-order valence-electron chi connectivity index (χ3n) is 4.81. The van der Waals surface area contributed by atoms with Crippen molar-refractivity contribution in [1.82, 2.24) is 9.47 Å². The van der Waals surface area contributed by atoms with E-state index < -0.39 is 11.7 Å². The van der Waals surface area contributed by atoms with E-state index in [4.69, 9.17) is 5.41 Å². The average molecular weight is 428 g/mol. The van der Waals surface area contributed by atoms with Gasteiger partial charge in [-0.1, -0.05) is 12.1 Å². The zero-order chi connectivity index (χ0) is 22.6.